The van der Waals surface area contributed by atoms with Crippen LogP contribution in [0.1, 0.15) is 25.6 Å². The van der Waals surface area contributed by atoms with Crippen LogP contribution in [0.5, 0.6) is 0 Å². The second-order valence-electron chi connectivity index (χ2n) is 5.55. The first-order valence-corrected chi connectivity index (χ1v) is 8.09. The van der Waals surface area contributed by atoms with Crippen LogP contribution in [0.25, 0.3) is 21.9 Å². The highest BCUT2D eigenvalue weighted by Crippen LogP contribution is 2.25. The molecule has 0 fully saturated rings. The molecule has 0 aliphatic rings. The average molecular weight is 307 g/mol. The van der Waals surface area contributed by atoms with Crippen LogP contribution in [0, 0.1) is 12.3 Å². The molecule has 0 radical (unpaired) electrons. The van der Waals surface area contributed by atoms with Crippen molar-refractivity contribution in [1.82, 2.24) is 14.5 Å². The highest BCUT2D eigenvalue weighted by molar-refractivity contribution is 6.02. The molecule has 0 spiro atoms. The van der Waals surface area contributed by atoms with E-state index in [9.17, 15) is 0 Å². The van der Waals surface area contributed by atoms with E-state index in [-0.39, 0.29) is 0 Å². The Labute approximate surface area is 136 Å². The molecule has 0 aliphatic heterocycles. The molecule has 23 heavy (non-hydrogen) atoms. The second-order valence-corrected chi connectivity index (χ2v) is 5.55. The molecule has 2 heterocycles. The van der Waals surface area contributed by atoms with E-state index in [1.807, 2.05) is 24.4 Å². The summed E-state index contributed by atoms with van der Waals surface area (Å²) in [5.74, 6) is 3.61. The third-order valence-corrected chi connectivity index (χ3v) is 3.96. The molecule has 3 rings (SSSR count). The number of fused-ring (bicyclic) bond motifs is 3. The van der Waals surface area contributed by atoms with Gasteiger partial charge in [0.15, 0.2) is 0 Å². The van der Waals surface area contributed by atoms with Crippen molar-refractivity contribution in [2.75, 3.05) is 13.2 Å². The molecule has 0 atom stereocenters. The van der Waals surface area contributed by atoms with Gasteiger partial charge in [0, 0.05) is 18.4 Å². The molecule has 0 amide bonds. The van der Waals surface area contributed by atoms with Crippen molar-refractivity contribution in [3.8, 4) is 12.3 Å². The van der Waals surface area contributed by atoms with Gasteiger partial charge in [-0.1, -0.05) is 37.5 Å². The maximum atomic E-state index is 5.48. The van der Waals surface area contributed by atoms with Gasteiger partial charge in [-0.2, -0.15) is 0 Å². The summed E-state index contributed by atoms with van der Waals surface area (Å²) in [6, 6.07) is 8.19. The molecule has 3 aromatic rings. The molecular weight excluding hydrogens is 286 g/mol. The molecule has 0 aliphatic carbocycles. The third-order valence-electron chi connectivity index (χ3n) is 3.96. The molecule has 0 saturated heterocycles. The van der Waals surface area contributed by atoms with Crippen LogP contribution >= 0.6 is 0 Å². The van der Waals surface area contributed by atoms with E-state index in [1.54, 1.807) is 0 Å². The Kier molecular flexibility index (Phi) is 4.89. The Bertz CT molecular complexity index is 845. The Balaban J connectivity index is 2.06. The van der Waals surface area contributed by atoms with E-state index >= 15 is 0 Å². The molecule has 0 saturated carbocycles. The summed E-state index contributed by atoms with van der Waals surface area (Å²) in [6.07, 6.45) is 10.4. The zero-order valence-electron chi connectivity index (χ0n) is 13.5. The standard InChI is InChI=1S/C19H21N3O/c1-3-5-10-18-21-17-14-20-16-9-7-6-8-15(16)19(17)22(18)11-13-23-12-4-2/h2,6-9,14H,3,5,10-13H2,1H3. The smallest absolute Gasteiger partial charge is 0.110 e. The molecule has 0 unspecified atom stereocenters. The first-order chi connectivity index (χ1) is 11.3. The van der Waals surface area contributed by atoms with E-state index in [2.05, 4.69) is 28.5 Å². The van der Waals surface area contributed by atoms with Gasteiger partial charge in [0.05, 0.1) is 23.8 Å². The highest BCUT2D eigenvalue weighted by Gasteiger charge is 2.13. The van der Waals surface area contributed by atoms with E-state index in [1.165, 1.54) is 0 Å². The van der Waals surface area contributed by atoms with Gasteiger partial charge in [0.1, 0.15) is 17.9 Å². The lowest BCUT2D eigenvalue weighted by Gasteiger charge is -2.10. The van der Waals surface area contributed by atoms with Gasteiger partial charge in [-0.15, -0.1) is 6.42 Å². The number of unbranched alkanes of at least 4 members (excludes halogenated alkanes) is 1. The number of aryl methyl sites for hydroxylation is 1. The minimum absolute atomic E-state index is 0.346. The van der Waals surface area contributed by atoms with Crippen LogP contribution in [0.3, 0.4) is 0 Å². The number of imidazole rings is 1. The van der Waals surface area contributed by atoms with Crippen molar-refractivity contribution in [2.24, 2.45) is 0 Å². The van der Waals surface area contributed by atoms with Crippen molar-refractivity contribution in [3.63, 3.8) is 0 Å². The van der Waals surface area contributed by atoms with Gasteiger partial charge in [-0.3, -0.25) is 4.98 Å². The Morgan fingerprint density at radius 1 is 1.26 bits per heavy atom. The largest absolute Gasteiger partial charge is 0.367 e. The van der Waals surface area contributed by atoms with E-state index < -0.39 is 0 Å². The lowest BCUT2D eigenvalue weighted by molar-refractivity contribution is 0.158. The van der Waals surface area contributed by atoms with Crippen LogP contribution in [0.15, 0.2) is 30.5 Å². The van der Waals surface area contributed by atoms with Crippen molar-refractivity contribution < 1.29 is 4.74 Å². The predicted molar refractivity (Wildman–Crippen MR) is 93.3 cm³/mol. The molecule has 4 nitrogen and oxygen atoms in total. The number of pyridine rings is 1. The van der Waals surface area contributed by atoms with E-state index in [0.29, 0.717) is 13.2 Å². The topological polar surface area (TPSA) is 39.9 Å². The monoisotopic (exact) mass is 307 g/mol. The van der Waals surface area contributed by atoms with Crippen LogP contribution in [0.2, 0.25) is 0 Å². The molecule has 118 valence electrons. The number of rotatable bonds is 7. The molecule has 4 heteroatoms. The average Bonchev–Trinajstić information content (AvgIpc) is 2.95. The van der Waals surface area contributed by atoms with Gasteiger partial charge in [-0.25, -0.2) is 4.98 Å². The molecule has 0 N–H and O–H groups in total. The zero-order valence-corrected chi connectivity index (χ0v) is 13.5. The second kappa shape index (κ2) is 7.26. The molecule has 2 aromatic heterocycles. The van der Waals surface area contributed by atoms with Crippen molar-refractivity contribution in [1.29, 1.82) is 0 Å². The Morgan fingerprint density at radius 3 is 2.96 bits per heavy atom. The van der Waals surface area contributed by atoms with E-state index in [0.717, 1.165) is 53.6 Å². The molecule has 0 bridgehead atoms. The predicted octanol–water partition coefficient (Wildman–Crippen LogP) is 3.58. The van der Waals surface area contributed by atoms with Crippen LogP contribution in [0.4, 0.5) is 0 Å². The number of aromatic nitrogens is 3. The number of terminal acetylenes is 1. The van der Waals surface area contributed by atoms with Crippen molar-refractivity contribution in [2.45, 2.75) is 32.7 Å². The van der Waals surface area contributed by atoms with Crippen LogP contribution < -0.4 is 0 Å². The summed E-state index contributed by atoms with van der Waals surface area (Å²) in [4.78, 5) is 9.32. The fourth-order valence-corrected chi connectivity index (χ4v) is 2.86. The van der Waals surface area contributed by atoms with Gasteiger partial charge in [0.2, 0.25) is 0 Å². The number of para-hydroxylation sites is 1. The Morgan fingerprint density at radius 2 is 2.13 bits per heavy atom. The van der Waals surface area contributed by atoms with Crippen molar-refractivity contribution >= 4 is 21.9 Å². The van der Waals surface area contributed by atoms with Gasteiger partial charge in [-0.05, 0) is 12.5 Å². The number of nitrogens with zero attached hydrogens (tertiary/aromatic N) is 3. The molecular formula is C19H21N3O. The number of hydrogen-bond acceptors (Lipinski definition) is 3. The van der Waals surface area contributed by atoms with Gasteiger partial charge >= 0.3 is 0 Å². The number of ether oxygens (including phenoxy) is 1. The van der Waals surface area contributed by atoms with Gasteiger partial charge < -0.3 is 9.30 Å². The highest BCUT2D eigenvalue weighted by atomic mass is 16.5. The van der Waals surface area contributed by atoms with E-state index in [4.69, 9.17) is 16.1 Å². The third kappa shape index (κ3) is 3.20. The number of benzene rings is 1. The Hall–Kier alpha value is -2.38. The van der Waals surface area contributed by atoms with Crippen molar-refractivity contribution in [3.05, 3.63) is 36.3 Å². The maximum absolute atomic E-state index is 5.48. The molecule has 1 aromatic carbocycles. The lowest BCUT2D eigenvalue weighted by Crippen LogP contribution is -2.10. The minimum atomic E-state index is 0.346. The maximum Gasteiger partial charge on any atom is 0.110 e. The summed E-state index contributed by atoms with van der Waals surface area (Å²) < 4.78 is 7.75. The number of hydrogen-bond donors (Lipinski definition) is 0. The summed E-state index contributed by atoms with van der Waals surface area (Å²) >= 11 is 0. The lowest BCUT2D eigenvalue weighted by atomic mass is 10.2. The normalized spacial score (nSPS) is 11.1. The SMILES string of the molecule is C#CCOCCn1c(CCCC)nc2cnc3ccccc3c21. The summed E-state index contributed by atoms with van der Waals surface area (Å²) in [7, 11) is 0. The summed E-state index contributed by atoms with van der Waals surface area (Å²) in [6.45, 7) is 3.88. The fraction of sp³-hybridized carbons (Fsp3) is 0.368. The first-order valence-electron chi connectivity index (χ1n) is 8.09. The van der Waals surface area contributed by atoms with Crippen LogP contribution in [-0.4, -0.2) is 27.7 Å². The zero-order chi connectivity index (χ0) is 16.1. The fourth-order valence-electron chi connectivity index (χ4n) is 2.86. The minimum Gasteiger partial charge on any atom is -0.367 e. The quantitative estimate of drug-likeness (QED) is 0.495. The summed E-state index contributed by atoms with van der Waals surface area (Å²) in [5.41, 5.74) is 3.09. The van der Waals surface area contributed by atoms with Gasteiger partial charge in [0.25, 0.3) is 0 Å². The first kappa shape index (κ1) is 15.5. The van der Waals surface area contributed by atoms with Crippen LogP contribution in [-0.2, 0) is 17.7 Å². The summed E-state index contributed by atoms with van der Waals surface area (Å²) in [5, 5.41) is 1.14.